The Balaban J connectivity index is 2.21. The molecule has 1 aromatic carbocycles. The lowest BCUT2D eigenvalue weighted by Gasteiger charge is -2.32. The lowest BCUT2D eigenvalue weighted by atomic mass is 9.82. The number of hydrogen-bond acceptors (Lipinski definition) is 4. The van der Waals surface area contributed by atoms with Gasteiger partial charge in [0.2, 0.25) is 0 Å². The molecule has 3 atom stereocenters. The second-order valence-electron chi connectivity index (χ2n) is 5.71. The lowest BCUT2D eigenvalue weighted by molar-refractivity contribution is 0.0849. The van der Waals surface area contributed by atoms with Gasteiger partial charge in [0.25, 0.3) is 0 Å². The molecule has 0 aromatic heterocycles. The van der Waals surface area contributed by atoms with Gasteiger partial charge in [-0.2, -0.15) is 0 Å². The Hall–Kier alpha value is -0.590. The third-order valence-electron chi connectivity index (χ3n) is 4.24. The predicted octanol–water partition coefficient (Wildman–Crippen LogP) is 3.09. The van der Waals surface area contributed by atoms with Gasteiger partial charge in [-0.05, 0) is 48.9 Å². The van der Waals surface area contributed by atoms with Crippen molar-refractivity contribution in [2.45, 2.75) is 37.0 Å². The number of sulfone groups is 1. The van der Waals surface area contributed by atoms with Gasteiger partial charge < -0.3 is 9.84 Å². The first-order valence-electron chi connectivity index (χ1n) is 7.03. The SMILES string of the molecule is COc1ccc(Br)c(C(O)C2CCCC(S(C)(=O)=O)C2)c1. The van der Waals surface area contributed by atoms with Crippen molar-refractivity contribution in [3.8, 4) is 5.75 Å². The molecule has 0 aliphatic heterocycles. The minimum absolute atomic E-state index is 0.0399. The van der Waals surface area contributed by atoms with Crippen molar-refractivity contribution >= 4 is 25.8 Å². The molecule has 118 valence electrons. The second-order valence-corrected chi connectivity index (χ2v) is 8.89. The molecule has 6 heteroatoms. The minimum atomic E-state index is -3.04. The zero-order chi connectivity index (χ0) is 15.6. The van der Waals surface area contributed by atoms with Crippen molar-refractivity contribution in [1.29, 1.82) is 0 Å². The number of ether oxygens (including phenoxy) is 1. The highest BCUT2D eigenvalue weighted by Gasteiger charge is 2.33. The van der Waals surface area contributed by atoms with Crippen molar-refractivity contribution in [2.24, 2.45) is 5.92 Å². The van der Waals surface area contributed by atoms with Crippen LogP contribution in [0.25, 0.3) is 0 Å². The Labute approximate surface area is 134 Å². The highest BCUT2D eigenvalue weighted by atomic mass is 79.9. The van der Waals surface area contributed by atoms with Gasteiger partial charge in [-0.1, -0.05) is 22.4 Å². The maximum absolute atomic E-state index is 11.7. The van der Waals surface area contributed by atoms with Crippen LogP contribution in [0, 0.1) is 5.92 Å². The quantitative estimate of drug-likeness (QED) is 0.876. The maximum atomic E-state index is 11.7. The van der Waals surface area contributed by atoms with Crippen molar-refractivity contribution in [1.82, 2.24) is 0 Å². The Morgan fingerprint density at radius 2 is 2.10 bits per heavy atom. The third kappa shape index (κ3) is 3.99. The van der Waals surface area contributed by atoms with Gasteiger partial charge in [0.05, 0.1) is 18.5 Å². The first-order chi connectivity index (χ1) is 9.82. The molecule has 0 spiro atoms. The summed E-state index contributed by atoms with van der Waals surface area (Å²) in [5.41, 5.74) is 0.758. The van der Waals surface area contributed by atoms with E-state index in [9.17, 15) is 13.5 Å². The van der Waals surface area contributed by atoms with E-state index in [2.05, 4.69) is 15.9 Å². The Kier molecular flexibility index (Phi) is 5.33. The molecule has 2 rings (SSSR count). The third-order valence-corrected chi connectivity index (χ3v) is 6.60. The van der Waals surface area contributed by atoms with Gasteiger partial charge in [0.15, 0.2) is 0 Å². The number of rotatable bonds is 4. The van der Waals surface area contributed by atoms with E-state index in [1.165, 1.54) is 6.26 Å². The highest BCUT2D eigenvalue weighted by molar-refractivity contribution is 9.10. The number of benzene rings is 1. The average molecular weight is 377 g/mol. The molecular formula is C15H21BrO4S. The molecular weight excluding hydrogens is 356 g/mol. The van der Waals surface area contributed by atoms with Gasteiger partial charge in [-0.25, -0.2) is 8.42 Å². The van der Waals surface area contributed by atoms with E-state index >= 15 is 0 Å². The van der Waals surface area contributed by atoms with E-state index in [1.807, 2.05) is 12.1 Å². The van der Waals surface area contributed by atoms with Crippen LogP contribution in [0.1, 0.15) is 37.4 Å². The number of hydrogen-bond donors (Lipinski definition) is 1. The first-order valence-corrected chi connectivity index (χ1v) is 9.78. The number of aliphatic hydroxyl groups is 1. The molecule has 1 saturated carbocycles. The molecule has 3 unspecified atom stereocenters. The molecule has 4 nitrogen and oxygen atoms in total. The molecule has 1 N–H and O–H groups in total. The van der Waals surface area contributed by atoms with Gasteiger partial charge in [0, 0.05) is 10.7 Å². The van der Waals surface area contributed by atoms with Crippen LogP contribution in [0.5, 0.6) is 5.75 Å². The van der Waals surface area contributed by atoms with Crippen LogP contribution < -0.4 is 4.74 Å². The largest absolute Gasteiger partial charge is 0.497 e. The molecule has 0 bridgehead atoms. The summed E-state index contributed by atoms with van der Waals surface area (Å²) >= 11 is 3.45. The fraction of sp³-hybridized carbons (Fsp3) is 0.600. The van der Waals surface area contributed by atoms with Crippen molar-refractivity contribution in [3.63, 3.8) is 0 Å². The lowest BCUT2D eigenvalue weighted by Crippen LogP contribution is -2.30. The van der Waals surface area contributed by atoms with Gasteiger partial charge >= 0.3 is 0 Å². The van der Waals surface area contributed by atoms with Crippen LogP contribution in [0.3, 0.4) is 0 Å². The van der Waals surface area contributed by atoms with E-state index in [-0.39, 0.29) is 11.2 Å². The van der Waals surface area contributed by atoms with Crippen LogP contribution in [0.2, 0.25) is 0 Å². The van der Waals surface area contributed by atoms with E-state index in [1.54, 1.807) is 13.2 Å². The predicted molar refractivity (Wildman–Crippen MR) is 86.2 cm³/mol. The Morgan fingerprint density at radius 1 is 1.38 bits per heavy atom. The van der Waals surface area contributed by atoms with Crippen molar-refractivity contribution < 1.29 is 18.3 Å². The minimum Gasteiger partial charge on any atom is -0.497 e. The highest BCUT2D eigenvalue weighted by Crippen LogP contribution is 2.39. The Bertz CT molecular complexity index is 600. The summed E-state index contributed by atoms with van der Waals surface area (Å²) in [4.78, 5) is 0. The number of methoxy groups -OCH3 is 1. The summed E-state index contributed by atoms with van der Waals surface area (Å²) in [6, 6.07) is 5.47. The number of halogens is 1. The van der Waals surface area contributed by atoms with Crippen molar-refractivity contribution in [2.75, 3.05) is 13.4 Å². The topological polar surface area (TPSA) is 63.6 Å². The molecule has 0 saturated heterocycles. The van der Waals surface area contributed by atoms with E-state index in [4.69, 9.17) is 4.74 Å². The molecule has 1 fully saturated rings. The van der Waals surface area contributed by atoms with Crippen LogP contribution in [0.4, 0.5) is 0 Å². The van der Waals surface area contributed by atoms with Crippen LogP contribution in [-0.4, -0.2) is 32.1 Å². The molecule has 1 aromatic rings. The van der Waals surface area contributed by atoms with Crippen LogP contribution in [0.15, 0.2) is 22.7 Å². The molecule has 21 heavy (non-hydrogen) atoms. The maximum Gasteiger partial charge on any atom is 0.150 e. The zero-order valence-electron chi connectivity index (χ0n) is 12.3. The molecule has 0 amide bonds. The summed E-state index contributed by atoms with van der Waals surface area (Å²) in [5.74, 6) is 0.643. The first kappa shape index (κ1) is 16.8. The summed E-state index contributed by atoms with van der Waals surface area (Å²) in [6.45, 7) is 0. The fourth-order valence-electron chi connectivity index (χ4n) is 2.99. The second kappa shape index (κ2) is 6.67. The molecule has 1 aliphatic carbocycles. The normalized spacial score (nSPS) is 24.6. The summed E-state index contributed by atoms with van der Waals surface area (Å²) in [7, 11) is -1.46. The standard InChI is InChI=1S/C15H21BrO4S/c1-20-11-6-7-14(16)13(9-11)15(17)10-4-3-5-12(8-10)21(2,18)19/h6-7,9-10,12,15,17H,3-5,8H2,1-2H3. The van der Waals surface area contributed by atoms with E-state index in [0.29, 0.717) is 18.6 Å². The number of aliphatic hydroxyl groups excluding tert-OH is 1. The van der Waals surface area contributed by atoms with Gasteiger partial charge in [-0.3, -0.25) is 0 Å². The molecule has 0 radical (unpaired) electrons. The Morgan fingerprint density at radius 3 is 2.71 bits per heavy atom. The van der Waals surface area contributed by atoms with Crippen LogP contribution in [-0.2, 0) is 9.84 Å². The summed E-state index contributed by atoms with van der Waals surface area (Å²) < 4.78 is 29.5. The van der Waals surface area contributed by atoms with E-state index < -0.39 is 15.9 Å². The summed E-state index contributed by atoms with van der Waals surface area (Å²) in [6.07, 6.45) is 3.50. The molecule has 1 aliphatic rings. The summed E-state index contributed by atoms with van der Waals surface area (Å²) in [5, 5.41) is 10.3. The average Bonchev–Trinajstić information content (AvgIpc) is 2.46. The fourth-order valence-corrected chi connectivity index (χ4v) is 4.66. The zero-order valence-corrected chi connectivity index (χ0v) is 14.7. The van der Waals surface area contributed by atoms with Crippen LogP contribution >= 0.6 is 15.9 Å². The van der Waals surface area contributed by atoms with Crippen molar-refractivity contribution in [3.05, 3.63) is 28.2 Å². The van der Waals surface area contributed by atoms with Gasteiger partial charge in [0.1, 0.15) is 15.6 Å². The molecule has 0 heterocycles. The van der Waals surface area contributed by atoms with E-state index in [0.717, 1.165) is 22.9 Å². The smallest absolute Gasteiger partial charge is 0.150 e. The van der Waals surface area contributed by atoms with Gasteiger partial charge in [-0.15, -0.1) is 0 Å². The monoisotopic (exact) mass is 376 g/mol.